The standard InChI is InChI=1S/C17H24N4S.HI/c1-4-14-7-5-6-8-15(14)12-21-17(18-3)19-10-9-16-20-11-13(2)22-16;/h5-8,11H,4,9-10,12H2,1-3H3,(H2,18,19,21);1H. The van der Waals surface area contributed by atoms with Crippen molar-refractivity contribution >= 4 is 41.3 Å². The minimum atomic E-state index is 0. The van der Waals surface area contributed by atoms with Crippen molar-refractivity contribution < 1.29 is 0 Å². The van der Waals surface area contributed by atoms with Gasteiger partial charge in [-0.15, -0.1) is 35.3 Å². The number of halogens is 1. The molecule has 6 heteroatoms. The number of rotatable bonds is 6. The number of benzene rings is 1. The predicted molar refractivity (Wildman–Crippen MR) is 110 cm³/mol. The third kappa shape index (κ3) is 6.47. The molecule has 0 aliphatic rings. The molecule has 0 spiro atoms. The zero-order valence-corrected chi connectivity index (χ0v) is 17.1. The van der Waals surface area contributed by atoms with Gasteiger partial charge in [-0.1, -0.05) is 31.2 Å². The van der Waals surface area contributed by atoms with Gasteiger partial charge >= 0.3 is 0 Å². The number of hydrogen-bond donors (Lipinski definition) is 2. The average Bonchev–Trinajstić information content (AvgIpc) is 2.96. The molecule has 1 aromatic carbocycles. The summed E-state index contributed by atoms with van der Waals surface area (Å²) in [6, 6.07) is 8.51. The van der Waals surface area contributed by atoms with E-state index in [0.29, 0.717) is 0 Å². The van der Waals surface area contributed by atoms with Gasteiger partial charge in [-0.05, 0) is 24.5 Å². The molecule has 4 nitrogen and oxygen atoms in total. The molecule has 0 aliphatic carbocycles. The second-order valence-corrected chi connectivity index (χ2v) is 6.41. The second kappa shape index (κ2) is 10.6. The highest BCUT2D eigenvalue weighted by molar-refractivity contribution is 14.0. The van der Waals surface area contributed by atoms with Crippen LogP contribution in [0.1, 0.15) is 27.9 Å². The summed E-state index contributed by atoms with van der Waals surface area (Å²) in [4.78, 5) is 9.90. The SMILES string of the molecule is CCc1ccccc1CNC(=NC)NCCc1ncc(C)s1.I. The van der Waals surface area contributed by atoms with Gasteiger partial charge < -0.3 is 10.6 Å². The molecule has 0 unspecified atom stereocenters. The molecule has 0 amide bonds. The van der Waals surface area contributed by atoms with Crippen molar-refractivity contribution in [2.45, 2.75) is 33.2 Å². The van der Waals surface area contributed by atoms with E-state index in [2.05, 4.69) is 58.7 Å². The van der Waals surface area contributed by atoms with Crippen molar-refractivity contribution in [2.75, 3.05) is 13.6 Å². The molecule has 0 radical (unpaired) electrons. The Kier molecular flexibility index (Phi) is 9.16. The van der Waals surface area contributed by atoms with Crippen LogP contribution >= 0.6 is 35.3 Å². The van der Waals surface area contributed by atoms with Crippen LogP contribution in [-0.2, 0) is 19.4 Å². The maximum atomic E-state index is 4.37. The Balaban J connectivity index is 0.00000264. The van der Waals surface area contributed by atoms with Crippen LogP contribution in [0.5, 0.6) is 0 Å². The first-order chi connectivity index (χ1) is 10.7. The number of nitrogens with zero attached hydrogens (tertiary/aromatic N) is 2. The molecule has 23 heavy (non-hydrogen) atoms. The molecular weight excluding hydrogens is 419 g/mol. The van der Waals surface area contributed by atoms with Crippen LogP contribution in [0.15, 0.2) is 35.5 Å². The van der Waals surface area contributed by atoms with E-state index in [9.17, 15) is 0 Å². The van der Waals surface area contributed by atoms with Crippen LogP contribution in [0.3, 0.4) is 0 Å². The highest BCUT2D eigenvalue weighted by Gasteiger charge is 2.03. The molecule has 126 valence electrons. The summed E-state index contributed by atoms with van der Waals surface area (Å²) in [6.07, 6.45) is 3.90. The van der Waals surface area contributed by atoms with E-state index in [1.54, 1.807) is 18.4 Å². The zero-order chi connectivity index (χ0) is 15.8. The maximum absolute atomic E-state index is 4.37. The lowest BCUT2D eigenvalue weighted by Gasteiger charge is -2.13. The molecule has 0 bridgehead atoms. The first-order valence-electron chi connectivity index (χ1n) is 7.65. The fourth-order valence-corrected chi connectivity index (χ4v) is 3.07. The van der Waals surface area contributed by atoms with Gasteiger partial charge in [0, 0.05) is 37.6 Å². The summed E-state index contributed by atoms with van der Waals surface area (Å²) in [5, 5.41) is 7.88. The number of thiazole rings is 1. The molecule has 1 heterocycles. The zero-order valence-electron chi connectivity index (χ0n) is 13.9. The third-order valence-electron chi connectivity index (χ3n) is 3.47. The highest BCUT2D eigenvalue weighted by atomic mass is 127. The fourth-order valence-electron chi connectivity index (χ4n) is 2.28. The normalized spacial score (nSPS) is 11.0. The van der Waals surface area contributed by atoms with Crippen LogP contribution in [0.2, 0.25) is 0 Å². The smallest absolute Gasteiger partial charge is 0.191 e. The Morgan fingerprint density at radius 2 is 1.96 bits per heavy atom. The van der Waals surface area contributed by atoms with Gasteiger partial charge in [0.15, 0.2) is 5.96 Å². The minimum absolute atomic E-state index is 0. The van der Waals surface area contributed by atoms with E-state index in [-0.39, 0.29) is 24.0 Å². The summed E-state index contributed by atoms with van der Waals surface area (Å²) < 4.78 is 0. The predicted octanol–water partition coefficient (Wildman–Crippen LogP) is 3.54. The van der Waals surface area contributed by atoms with E-state index in [1.165, 1.54) is 16.0 Å². The van der Waals surface area contributed by atoms with Gasteiger partial charge in [-0.2, -0.15) is 0 Å². The van der Waals surface area contributed by atoms with Crippen molar-refractivity contribution in [2.24, 2.45) is 4.99 Å². The first kappa shape index (κ1) is 19.9. The Hall–Kier alpha value is -1.15. The van der Waals surface area contributed by atoms with Gasteiger partial charge in [-0.25, -0.2) is 4.98 Å². The van der Waals surface area contributed by atoms with E-state index in [0.717, 1.165) is 36.9 Å². The number of aryl methyl sites for hydroxylation is 2. The number of guanidine groups is 1. The highest BCUT2D eigenvalue weighted by Crippen LogP contribution is 2.11. The van der Waals surface area contributed by atoms with Gasteiger partial charge in [0.05, 0.1) is 5.01 Å². The molecule has 0 fully saturated rings. The van der Waals surface area contributed by atoms with Gasteiger partial charge in [0.25, 0.3) is 0 Å². The largest absolute Gasteiger partial charge is 0.356 e. The van der Waals surface area contributed by atoms with Crippen LogP contribution < -0.4 is 10.6 Å². The van der Waals surface area contributed by atoms with Crippen LogP contribution in [-0.4, -0.2) is 24.5 Å². The average molecular weight is 444 g/mol. The third-order valence-corrected chi connectivity index (χ3v) is 4.44. The van der Waals surface area contributed by atoms with Gasteiger partial charge in [-0.3, -0.25) is 4.99 Å². The van der Waals surface area contributed by atoms with Crippen molar-refractivity contribution in [1.82, 2.24) is 15.6 Å². The van der Waals surface area contributed by atoms with E-state index in [1.807, 2.05) is 6.20 Å². The Labute approximate surface area is 159 Å². The molecule has 0 saturated carbocycles. The summed E-state index contributed by atoms with van der Waals surface area (Å²) >= 11 is 1.75. The Morgan fingerprint density at radius 1 is 1.22 bits per heavy atom. The summed E-state index contributed by atoms with van der Waals surface area (Å²) in [5.74, 6) is 0.833. The molecule has 2 aromatic rings. The summed E-state index contributed by atoms with van der Waals surface area (Å²) in [7, 11) is 1.80. The monoisotopic (exact) mass is 444 g/mol. The molecule has 0 saturated heterocycles. The van der Waals surface area contributed by atoms with E-state index < -0.39 is 0 Å². The van der Waals surface area contributed by atoms with Crippen LogP contribution in [0, 0.1) is 6.92 Å². The quantitative estimate of drug-likeness (QED) is 0.407. The van der Waals surface area contributed by atoms with Crippen molar-refractivity contribution in [3.63, 3.8) is 0 Å². The van der Waals surface area contributed by atoms with Crippen molar-refractivity contribution in [3.05, 3.63) is 51.5 Å². The van der Waals surface area contributed by atoms with Gasteiger partial charge in [0.1, 0.15) is 0 Å². The molecule has 0 aliphatic heterocycles. The summed E-state index contributed by atoms with van der Waals surface area (Å²) in [5.41, 5.74) is 2.70. The fraction of sp³-hybridized carbons (Fsp3) is 0.412. The molecule has 2 N–H and O–H groups in total. The topological polar surface area (TPSA) is 49.3 Å². The minimum Gasteiger partial charge on any atom is -0.356 e. The van der Waals surface area contributed by atoms with Crippen LogP contribution in [0.25, 0.3) is 0 Å². The number of hydrogen-bond acceptors (Lipinski definition) is 3. The number of aromatic nitrogens is 1. The Bertz CT molecular complexity index is 625. The summed E-state index contributed by atoms with van der Waals surface area (Å²) in [6.45, 7) is 5.89. The molecule has 2 rings (SSSR count). The molecular formula is C17H25IN4S. The number of aliphatic imine (C=N–C) groups is 1. The van der Waals surface area contributed by atoms with Crippen molar-refractivity contribution in [3.8, 4) is 0 Å². The van der Waals surface area contributed by atoms with E-state index in [4.69, 9.17) is 0 Å². The lowest BCUT2D eigenvalue weighted by atomic mass is 10.1. The second-order valence-electron chi connectivity index (χ2n) is 5.09. The molecule has 1 aromatic heterocycles. The van der Waals surface area contributed by atoms with Gasteiger partial charge in [0.2, 0.25) is 0 Å². The maximum Gasteiger partial charge on any atom is 0.191 e. The van der Waals surface area contributed by atoms with Crippen LogP contribution in [0.4, 0.5) is 0 Å². The lowest BCUT2D eigenvalue weighted by molar-refractivity contribution is 0.787. The molecule has 0 atom stereocenters. The lowest BCUT2D eigenvalue weighted by Crippen LogP contribution is -2.38. The first-order valence-corrected chi connectivity index (χ1v) is 8.47. The Morgan fingerprint density at radius 3 is 2.57 bits per heavy atom. The number of nitrogens with one attached hydrogen (secondary N) is 2. The van der Waals surface area contributed by atoms with E-state index >= 15 is 0 Å². The van der Waals surface area contributed by atoms with Crippen molar-refractivity contribution in [1.29, 1.82) is 0 Å².